The molecule has 39 heavy (non-hydrogen) atoms. The van der Waals surface area contributed by atoms with Crippen molar-refractivity contribution in [2.45, 2.75) is 59.2 Å². The number of para-hydroxylation sites is 1. The fourth-order valence-electron chi connectivity index (χ4n) is 3.94. The Bertz CT molecular complexity index is 1270. The first kappa shape index (κ1) is 29.4. The van der Waals surface area contributed by atoms with E-state index in [2.05, 4.69) is 23.0 Å². The van der Waals surface area contributed by atoms with Gasteiger partial charge in [-0.25, -0.2) is 14.8 Å². The second kappa shape index (κ2) is 15.3. The van der Waals surface area contributed by atoms with Gasteiger partial charge < -0.3 is 18.9 Å². The van der Waals surface area contributed by atoms with E-state index in [1.54, 1.807) is 26.3 Å². The molecule has 1 heterocycles. The van der Waals surface area contributed by atoms with Crippen LogP contribution in [-0.4, -0.2) is 41.7 Å². The van der Waals surface area contributed by atoms with E-state index in [9.17, 15) is 9.59 Å². The largest absolute Gasteiger partial charge is 0.496 e. The molecule has 0 aliphatic heterocycles. The highest BCUT2D eigenvalue weighted by atomic mass is 16.6. The molecule has 2 aromatic carbocycles. The number of esters is 2. The van der Waals surface area contributed by atoms with Gasteiger partial charge in [-0.05, 0) is 54.8 Å². The number of allylic oxidation sites excluding steroid dienone is 1. The average molecular weight is 533 g/mol. The lowest BCUT2D eigenvalue weighted by Gasteiger charge is -2.18. The van der Waals surface area contributed by atoms with Gasteiger partial charge in [0.05, 0.1) is 25.0 Å². The van der Waals surface area contributed by atoms with Crippen LogP contribution >= 0.6 is 0 Å². The summed E-state index contributed by atoms with van der Waals surface area (Å²) in [4.78, 5) is 33.3. The first-order valence-corrected chi connectivity index (χ1v) is 13.2. The van der Waals surface area contributed by atoms with Crippen LogP contribution in [0.1, 0.15) is 56.9 Å². The standard InChI is InChI=1S/C31H36N2O6/c1-5-7-8-9-12-23-15-16-27(24(19-23)20-29(39-22(3)34)31(35)37-6-2)38-21-25-17-18-32-30(33-25)26-13-10-11-14-28(26)36-4/h9-19,29H,5-8,20-21H2,1-4H3. The third kappa shape index (κ3) is 8.95. The molecule has 8 nitrogen and oxygen atoms in total. The molecule has 0 bridgehead atoms. The first-order valence-electron chi connectivity index (χ1n) is 13.2. The molecule has 8 heteroatoms. The van der Waals surface area contributed by atoms with Gasteiger partial charge in [-0.15, -0.1) is 0 Å². The minimum atomic E-state index is -1.08. The molecule has 206 valence electrons. The van der Waals surface area contributed by atoms with Crippen molar-refractivity contribution in [2.75, 3.05) is 13.7 Å². The highest BCUT2D eigenvalue weighted by Gasteiger charge is 2.25. The van der Waals surface area contributed by atoms with Crippen molar-refractivity contribution in [3.63, 3.8) is 0 Å². The van der Waals surface area contributed by atoms with Crippen LogP contribution in [0.15, 0.2) is 60.8 Å². The van der Waals surface area contributed by atoms with Crippen molar-refractivity contribution in [1.82, 2.24) is 9.97 Å². The van der Waals surface area contributed by atoms with Crippen molar-refractivity contribution in [3.8, 4) is 22.9 Å². The third-order valence-corrected chi connectivity index (χ3v) is 5.82. The number of hydrogen-bond donors (Lipinski definition) is 0. The van der Waals surface area contributed by atoms with E-state index in [1.165, 1.54) is 6.92 Å². The van der Waals surface area contributed by atoms with Crippen molar-refractivity contribution in [2.24, 2.45) is 0 Å². The zero-order valence-electron chi connectivity index (χ0n) is 23.0. The van der Waals surface area contributed by atoms with Gasteiger partial charge in [-0.1, -0.05) is 50.1 Å². The molecule has 0 saturated heterocycles. The fraction of sp³-hybridized carbons (Fsp3) is 0.355. The maximum atomic E-state index is 12.5. The van der Waals surface area contributed by atoms with Crippen molar-refractivity contribution >= 4 is 18.0 Å². The lowest BCUT2D eigenvalue weighted by Crippen LogP contribution is -2.30. The molecule has 0 amide bonds. The Balaban J connectivity index is 1.87. The number of rotatable bonds is 14. The second-order valence-electron chi connectivity index (χ2n) is 8.83. The maximum absolute atomic E-state index is 12.5. The lowest BCUT2D eigenvalue weighted by atomic mass is 10.0. The Morgan fingerprint density at radius 2 is 1.87 bits per heavy atom. The van der Waals surface area contributed by atoms with Gasteiger partial charge >= 0.3 is 11.9 Å². The molecule has 1 atom stereocenters. The zero-order chi connectivity index (χ0) is 28.0. The summed E-state index contributed by atoms with van der Waals surface area (Å²) in [6.45, 7) is 5.48. The van der Waals surface area contributed by atoms with Gasteiger partial charge in [-0.2, -0.15) is 0 Å². The van der Waals surface area contributed by atoms with Gasteiger partial charge in [0, 0.05) is 19.5 Å². The van der Waals surface area contributed by atoms with E-state index < -0.39 is 18.0 Å². The van der Waals surface area contributed by atoms with Crippen LogP contribution in [0.25, 0.3) is 17.5 Å². The number of aromatic nitrogens is 2. The Labute approximate surface area is 230 Å². The molecule has 3 rings (SSSR count). The smallest absolute Gasteiger partial charge is 0.347 e. The average Bonchev–Trinajstić information content (AvgIpc) is 2.94. The monoisotopic (exact) mass is 532 g/mol. The van der Waals surface area contributed by atoms with E-state index in [0.29, 0.717) is 28.6 Å². The van der Waals surface area contributed by atoms with Crippen LogP contribution in [-0.2, 0) is 32.1 Å². The summed E-state index contributed by atoms with van der Waals surface area (Å²) in [5.74, 6) is 0.602. The van der Waals surface area contributed by atoms with Crippen LogP contribution in [0.3, 0.4) is 0 Å². The molecule has 0 aliphatic rings. The van der Waals surface area contributed by atoms with Gasteiger partial charge in [0.15, 0.2) is 5.82 Å². The Kier molecular flexibility index (Phi) is 11.5. The summed E-state index contributed by atoms with van der Waals surface area (Å²) in [5, 5.41) is 0. The predicted molar refractivity (Wildman–Crippen MR) is 149 cm³/mol. The summed E-state index contributed by atoms with van der Waals surface area (Å²) < 4.78 is 22.1. The quantitative estimate of drug-likeness (QED) is 0.185. The molecule has 0 spiro atoms. The van der Waals surface area contributed by atoms with Crippen LogP contribution < -0.4 is 9.47 Å². The van der Waals surface area contributed by atoms with Crippen LogP contribution in [0, 0.1) is 0 Å². The molecular weight excluding hydrogens is 496 g/mol. The number of carbonyl (C=O) groups excluding carboxylic acids is 2. The molecule has 3 aromatic rings. The zero-order valence-corrected chi connectivity index (χ0v) is 23.0. The van der Waals surface area contributed by atoms with Gasteiger partial charge in [-0.3, -0.25) is 4.79 Å². The highest BCUT2D eigenvalue weighted by molar-refractivity contribution is 5.79. The number of carbonyl (C=O) groups is 2. The summed E-state index contributed by atoms with van der Waals surface area (Å²) in [7, 11) is 1.61. The molecular formula is C31H36N2O6. The Morgan fingerprint density at radius 1 is 1.05 bits per heavy atom. The summed E-state index contributed by atoms with van der Waals surface area (Å²) in [6, 6.07) is 15.1. The molecule has 0 N–H and O–H groups in total. The summed E-state index contributed by atoms with van der Waals surface area (Å²) in [5.41, 5.74) is 3.12. The van der Waals surface area contributed by atoms with E-state index in [1.807, 2.05) is 48.5 Å². The topological polar surface area (TPSA) is 96.8 Å². The van der Waals surface area contributed by atoms with Gasteiger partial charge in [0.1, 0.15) is 18.1 Å². The van der Waals surface area contributed by atoms with Crippen LogP contribution in [0.4, 0.5) is 0 Å². The Hall–Kier alpha value is -4.20. The fourth-order valence-corrected chi connectivity index (χ4v) is 3.94. The predicted octanol–water partition coefficient (Wildman–Crippen LogP) is 5.97. The number of benzene rings is 2. The number of methoxy groups -OCH3 is 1. The van der Waals surface area contributed by atoms with Gasteiger partial charge in [0.25, 0.3) is 0 Å². The van der Waals surface area contributed by atoms with Crippen LogP contribution in [0.5, 0.6) is 11.5 Å². The van der Waals surface area contributed by atoms with Crippen molar-refractivity contribution in [3.05, 3.63) is 77.6 Å². The molecule has 1 unspecified atom stereocenters. The molecule has 0 radical (unpaired) electrons. The summed E-state index contributed by atoms with van der Waals surface area (Å²) >= 11 is 0. The van der Waals surface area contributed by atoms with E-state index in [-0.39, 0.29) is 19.6 Å². The van der Waals surface area contributed by atoms with E-state index >= 15 is 0 Å². The van der Waals surface area contributed by atoms with Crippen molar-refractivity contribution in [1.29, 1.82) is 0 Å². The molecule has 1 aromatic heterocycles. The third-order valence-electron chi connectivity index (χ3n) is 5.82. The Morgan fingerprint density at radius 3 is 2.62 bits per heavy atom. The minimum Gasteiger partial charge on any atom is -0.496 e. The van der Waals surface area contributed by atoms with E-state index in [0.717, 1.165) is 30.4 Å². The summed E-state index contributed by atoms with van der Waals surface area (Å²) in [6.07, 6.45) is 8.07. The normalized spacial score (nSPS) is 11.7. The SMILES string of the molecule is CCCCC=Cc1ccc(OCc2ccnc(-c3ccccc3OC)n2)c(CC(OC(C)=O)C(=O)OCC)c1. The number of ether oxygens (including phenoxy) is 4. The van der Waals surface area contributed by atoms with E-state index in [4.69, 9.17) is 18.9 Å². The maximum Gasteiger partial charge on any atom is 0.347 e. The minimum absolute atomic E-state index is 0.112. The molecule has 0 aliphatic carbocycles. The molecule has 0 saturated carbocycles. The lowest BCUT2D eigenvalue weighted by molar-refractivity contribution is -0.166. The van der Waals surface area contributed by atoms with Crippen LogP contribution in [0.2, 0.25) is 0 Å². The highest BCUT2D eigenvalue weighted by Crippen LogP contribution is 2.28. The second-order valence-corrected chi connectivity index (χ2v) is 8.83. The number of nitrogens with zero attached hydrogens (tertiary/aromatic N) is 2. The number of hydrogen-bond acceptors (Lipinski definition) is 8. The van der Waals surface area contributed by atoms with Crippen molar-refractivity contribution < 1.29 is 28.5 Å². The first-order chi connectivity index (χ1) is 18.9. The molecule has 0 fully saturated rings. The van der Waals surface area contributed by atoms with Gasteiger partial charge in [0.2, 0.25) is 6.10 Å². The number of unbranched alkanes of at least 4 members (excludes halogenated alkanes) is 2.